The van der Waals surface area contributed by atoms with E-state index in [2.05, 4.69) is 6.58 Å². The zero-order valence-corrected chi connectivity index (χ0v) is 8.60. The van der Waals surface area contributed by atoms with Gasteiger partial charge in [-0.2, -0.15) is 0 Å². The van der Waals surface area contributed by atoms with E-state index < -0.39 is 0 Å². The van der Waals surface area contributed by atoms with E-state index in [9.17, 15) is 4.79 Å². The molecule has 0 aliphatic heterocycles. The summed E-state index contributed by atoms with van der Waals surface area (Å²) in [5.41, 5.74) is 2.05. The lowest BCUT2D eigenvalue weighted by molar-refractivity contribution is -0.116. The summed E-state index contributed by atoms with van der Waals surface area (Å²) in [6, 6.07) is 0. The van der Waals surface area contributed by atoms with Crippen LogP contribution in [0.3, 0.4) is 0 Å². The lowest BCUT2D eigenvalue weighted by Crippen LogP contribution is -2.14. The van der Waals surface area contributed by atoms with Crippen molar-refractivity contribution in [1.29, 1.82) is 0 Å². The molecule has 1 unspecified atom stereocenters. The molecule has 1 atom stereocenters. The van der Waals surface area contributed by atoms with E-state index in [0.29, 0.717) is 12.3 Å². The smallest absolute Gasteiger partial charge is 0.158 e. The molecule has 3 nitrogen and oxygen atoms in total. The van der Waals surface area contributed by atoms with Crippen LogP contribution in [0.1, 0.15) is 26.7 Å². The first-order valence-corrected chi connectivity index (χ1v) is 3.96. The first kappa shape index (κ1) is 14.6. The highest BCUT2D eigenvalue weighted by Gasteiger charge is 2.18. The van der Waals surface area contributed by atoms with Gasteiger partial charge in [0, 0.05) is 6.42 Å². The lowest BCUT2D eigenvalue weighted by Gasteiger charge is -2.18. The van der Waals surface area contributed by atoms with Gasteiger partial charge in [0.05, 0.1) is 0 Å². The minimum atomic E-state index is 0. The van der Waals surface area contributed by atoms with Crippen molar-refractivity contribution >= 4 is 5.78 Å². The van der Waals surface area contributed by atoms with Crippen LogP contribution in [0, 0.1) is 5.92 Å². The number of Topliss-reactive ketones (excluding diaryl/α,β-unsaturated/α-hetero) is 1. The van der Waals surface area contributed by atoms with Crippen molar-refractivity contribution in [3.63, 3.8) is 0 Å². The highest BCUT2D eigenvalue weighted by molar-refractivity contribution is 5.95. The fourth-order valence-electron chi connectivity index (χ4n) is 1.28. The molecule has 0 amide bonds. The van der Waals surface area contributed by atoms with E-state index in [-0.39, 0.29) is 18.1 Å². The Morgan fingerprint density at radius 3 is 2.46 bits per heavy atom. The Labute approximate surface area is 80.1 Å². The van der Waals surface area contributed by atoms with E-state index in [1.54, 1.807) is 0 Å². The third kappa shape index (κ3) is 3.53. The average Bonchev–Trinajstić information content (AvgIpc) is 1.94. The van der Waals surface area contributed by atoms with Crippen LogP contribution in [0.2, 0.25) is 0 Å². The van der Waals surface area contributed by atoms with E-state index in [1.165, 1.54) is 0 Å². The monoisotopic (exact) mass is 184 g/mol. The molecule has 0 heterocycles. The molecule has 3 heteroatoms. The summed E-state index contributed by atoms with van der Waals surface area (Å²) in [6.07, 6.45) is 3.68. The van der Waals surface area contributed by atoms with E-state index in [4.69, 9.17) is 0 Å². The third-order valence-electron chi connectivity index (χ3n) is 2.28. The minimum Gasteiger partial charge on any atom is -0.344 e. The molecule has 6 N–H and O–H groups in total. The van der Waals surface area contributed by atoms with Crippen molar-refractivity contribution in [2.75, 3.05) is 0 Å². The number of carbonyl (C=O) groups is 1. The topological polar surface area (TPSA) is 87.1 Å². The van der Waals surface area contributed by atoms with E-state index in [0.717, 1.165) is 17.6 Å². The Kier molecular flexibility index (Phi) is 6.36. The molecule has 0 radical (unpaired) electrons. The molecule has 1 aliphatic rings. The van der Waals surface area contributed by atoms with Crippen LogP contribution in [-0.4, -0.2) is 5.78 Å². The van der Waals surface area contributed by atoms with Gasteiger partial charge in [-0.05, 0) is 31.8 Å². The number of hydrogen-bond donors (Lipinski definition) is 2. The van der Waals surface area contributed by atoms with Crippen molar-refractivity contribution in [2.24, 2.45) is 5.92 Å². The van der Waals surface area contributed by atoms with Crippen LogP contribution in [0.4, 0.5) is 0 Å². The van der Waals surface area contributed by atoms with Gasteiger partial charge in [0.2, 0.25) is 0 Å². The number of hydrogen-bond acceptors (Lipinski definition) is 3. The maximum Gasteiger partial charge on any atom is 0.158 e. The highest BCUT2D eigenvalue weighted by Crippen LogP contribution is 2.25. The Morgan fingerprint density at radius 2 is 2.08 bits per heavy atom. The standard InChI is InChI=1S/C10H14O.2H3N/c1-7(2)9-5-4-8(3)10(11)6-9;;/h4,9H,1,5-6H2,2-3H3;2*1H3. The lowest BCUT2D eigenvalue weighted by atomic mass is 9.85. The number of rotatable bonds is 1. The third-order valence-corrected chi connectivity index (χ3v) is 2.28. The molecular formula is C10H20N2O. The molecule has 76 valence electrons. The SMILES string of the molecule is C=C(C)C1CC=C(C)C(=O)C1.N.N. The molecular weight excluding hydrogens is 164 g/mol. The Hall–Kier alpha value is -0.930. The number of ketones is 1. The first-order chi connectivity index (χ1) is 5.11. The van der Waals surface area contributed by atoms with Gasteiger partial charge in [0.15, 0.2) is 5.78 Å². The molecule has 0 spiro atoms. The van der Waals surface area contributed by atoms with E-state index in [1.807, 2.05) is 19.9 Å². The van der Waals surface area contributed by atoms with Crippen LogP contribution < -0.4 is 12.3 Å². The van der Waals surface area contributed by atoms with Gasteiger partial charge in [-0.15, -0.1) is 0 Å². The van der Waals surface area contributed by atoms with Gasteiger partial charge in [-0.3, -0.25) is 4.79 Å². The van der Waals surface area contributed by atoms with Gasteiger partial charge in [0.1, 0.15) is 0 Å². The predicted octanol–water partition coefficient (Wildman–Crippen LogP) is 2.81. The molecule has 0 saturated carbocycles. The Bertz CT molecular complexity index is 231. The van der Waals surface area contributed by atoms with Crippen LogP contribution in [0.25, 0.3) is 0 Å². The van der Waals surface area contributed by atoms with Gasteiger partial charge < -0.3 is 12.3 Å². The second-order valence-corrected chi connectivity index (χ2v) is 3.29. The summed E-state index contributed by atoms with van der Waals surface area (Å²) >= 11 is 0. The van der Waals surface area contributed by atoms with Crippen LogP contribution >= 0.6 is 0 Å². The Balaban J connectivity index is 0. The molecule has 0 aromatic heterocycles. The first-order valence-electron chi connectivity index (χ1n) is 3.96. The summed E-state index contributed by atoms with van der Waals surface area (Å²) < 4.78 is 0. The zero-order chi connectivity index (χ0) is 8.43. The maximum absolute atomic E-state index is 11.2. The summed E-state index contributed by atoms with van der Waals surface area (Å²) in [5, 5.41) is 0. The van der Waals surface area contributed by atoms with E-state index >= 15 is 0 Å². The predicted molar refractivity (Wildman–Crippen MR) is 56.3 cm³/mol. The van der Waals surface area contributed by atoms with Crippen molar-refractivity contribution in [3.8, 4) is 0 Å². The minimum absolute atomic E-state index is 0. The van der Waals surface area contributed by atoms with Crippen LogP contribution in [0.15, 0.2) is 23.8 Å². The summed E-state index contributed by atoms with van der Waals surface area (Å²) in [4.78, 5) is 11.2. The van der Waals surface area contributed by atoms with Crippen molar-refractivity contribution in [2.45, 2.75) is 26.7 Å². The molecule has 1 rings (SSSR count). The van der Waals surface area contributed by atoms with Crippen LogP contribution in [-0.2, 0) is 4.79 Å². The summed E-state index contributed by atoms with van der Waals surface area (Å²) in [7, 11) is 0. The van der Waals surface area contributed by atoms with Gasteiger partial charge in [-0.1, -0.05) is 18.2 Å². The summed E-state index contributed by atoms with van der Waals surface area (Å²) in [5.74, 6) is 0.676. The largest absolute Gasteiger partial charge is 0.344 e. The highest BCUT2D eigenvalue weighted by atomic mass is 16.1. The van der Waals surface area contributed by atoms with Crippen LogP contribution in [0.5, 0.6) is 0 Å². The van der Waals surface area contributed by atoms with Crippen molar-refractivity contribution < 1.29 is 4.79 Å². The molecule has 13 heavy (non-hydrogen) atoms. The molecule has 0 aromatic carbocycles. The molecule has 0 saturated heterocycles. The second kappa shape index (κ2) is 5.67. The number of allylic oxidation sites excluding steroid dienone is 3. The maximum atomic E-state index is 11.2. The average molecular weight is 184 g/mol. The quantitative estimate of drug-likeness (QED) is 0.614. The number of carbonyl (C=O) groups excluding carboxylic acids is 1. The fraction of sp³-hybridized carbons (Fsp3) is 0.500. The van der Waals surface area contributed by atoms with Gasteiger partial charge in [0.25, 0.3) is 0 Å². The molecule has 0 fully saturated rings. The zero-order valence-electron chi connectivity index (χ0n) is 8.60. The van der Waals surface area contributed by atoms with Gasteiger partial charge >= 0.3 is 0 Å². The Morgan fingerprint density at radius 1 is 1.54 bits per heavy atom. The molecule has 1 aliphatic carbocycles. The van der Waals surface area contributed by atoms with Crippen molar-refractivity contribution in [3.05, 3.63) is 23.8 Å². The van der Waals surface area contributed by atoms with Gasteiger partial charge in [-0.25, -0.2) is 0 Å². The fourth-order valence-corrected chi connectivity index (χ4v) is 1.28. The summed E-state index contributed by atoms with van der Waals surface area (Å²) in [6.45, 7) is 7.74. The van der Waals surface area contributed by atoms with Crippen molar-refractivity contribution in [1.82, 2.24) is 12.3 Å². The second-order valence-electron chi connectivity index (χ2n) is 3.29. The molecule has 0 aromatic rings. The normalized spacial score (nSPS) is 20.9. The molecule has 0 bridgehead atoms.